The number of amides is 1. The molecule has 4 aromatic rings. The van der Waals surface area contributed by atoms with E-state index < -0.39 is 18.0 Å². The molecule has 1 amide bonds. The Labute approximate surface area is 179 Å². The summed E-state index contributed by atoms with van der Waals surface area (Å²) >= 11 is 0. The average molecular weight is 443 g/mol. The van der Waals surface area contributed by atoms with Crippen molar-refractivity contribution in [3.63, 3.8) is 0 Å². The largest absolute Gasteiger partial charge is 0.573 e. The van der Waals surface area contributed by atoms with Crippen LogP contribution in [0.15, 0.2) is 60.7 Å². The summed E-state index contributed by atoms with van der Waals surface area (Å²) in [6, 6.07) is 15.7. The number of ether oxygens (including phenoxy) is 2. The summed E-state index contributed by atoms with van der Waals surface area (Å²) in [6.07, 6.45) is -4.84. The van der Waals surface area contributed by atoms with Crippen LogP contribution in [0.4, 0.5) is 13.2 Å². The van der Waals surface area contributed by atoms with E-state index in [2.05, 4.69) is 25.3 Å². The predicted molar refractivity (Wildman–Crippen MR) is 107 cm³/mol. The van der Waals surface area contributed by atoms with E-state index in [1.165, 1.54) is 16.6 Å². The third-order valence-corrected chi connectivity index (χ3v) is 4.45. The molecule has 2 aromatic heterocycles. The van der Waals surface area contributed by atoms with Crippen molar-refractivity contribution in [3.8, 4) is 22.8 Å². The number of hydrogen-bond donors (Lipinski definition) is 1. The standard InChI is InChI=1S/C21H16F3N5O3/c1-31-15-7-5-13(6-8-15)17-9-10-18-26-27-19(29(18)28-17)12-25-20(30)14-3-2-4-16(11-14)32-21(22,23)24/h2-11H,12H2,1H3,(H,25,30). The van der Waals surface area contributed by atoms with Gasteiger partial charge in [-0.1, -0.05) is 6.07 Å². The van der Waals surface area contributed by atoms with Crippen LogP contribution in [-0.2, 0) is 6.54 Å². The van der Waals surface area contributed by atoms with Gasteiger partial charge in [-0.2, -0.15) is 9.61 Å². The van der Waals surface area contributed by atoms with Crippen molar-refractivity contribution in [2.24, 2.45) is 0 Å². The van der Waals surface area contributed by atoms with Gasteiger partial charge in [-0.15, -0.1) is 23.4 Å². The van der Waals surface area contributed by atoms with E-state index in [1.807, 2.05) is 24.3 Å². The van der Waals surface area contributed by atoms with Gasteiger partial charge in [-0.25, -0.2) is 0 Å². The van der Waals surface area contributed by atoms with Gasteiger partial charge in [0.05, 0.1) is 19.3 Å². The highest BCUT2D eigenvalue weighted by atomic mass is 19.4. The summed E-state index contributed by atoms with van der Waals surface area (Å²) in [5.74, 6) is -0.0109. The number of methoxy groups -OCH3 is 1. The number of carbonyl (C=O) groups is 1. The molecule has 0 bridgehead atoms. The number of fused-ring (bicyclic) bond motifs is 1. The van der Waals surface area contributed by atoms with Crippen LogP contribution in [-0.4, -0.2) is 39.2 Å². The van der Waals surface area contributed by atoms with Gasteiger partial charge in [0.2, 0.25) is 0 Å². The van der Waals surface area contributed by atoms with E-state index in [4.69, 9.17) is 4.74 Å². The lowest BCUT2D eigenvalue weighted by atomic mass is 10.1. The van der Waals surface area contributed by atoms with Gasteiger partial charge < -0.3 is 14.8 Å². The highest BCUT2D eigenvalue weighted by Gasteiger charge is 2.31. The Morgan fingerprint density at radius 2 is 1.81 bits per heavy atom. The third-order valence-electron chi connectivity index (χ3n) is 4.45. The zero-order valence-corrected chi connectivity index (χ0v) is 16.6. The molecule has 0 spiro atoms. The lowest BCUT2D eigenvalue weighted by Crippen LogP contribution is -2.24. The molecule has 2 heterocycles. The quantitative estimate of drug-likeness (QED) is 0.490. The molecule has 4 rings (SSSR count). The van der Waals surface area contributed by atoms with Gasteiger partial charge in [0.25, 0.3) is 5.91 Å². The van der Waals surface area contributed by atoms with E-state index in [1.54, 1.807) is 19.2 Å². The summed E-state index contributed by atoms with van der Waals surface area (Å²) in [5.41, 5.74) is 1.99. The van der Waals surface area contributed by atoms with Gasteiger partial charge in [-0.05, 0) is 54.6 Å². The fourth-order valence-corrected chi connectivity index (χ4v) is 2.96. The molecule has 0 saturated carbocycles. The van der Waals surface area contributed by atoms with E-state index in [0.29, 0.717) is 22.9 Å². The number of aromatic nitrogens is 4. The van der Waals surface area contributed by atoms with Crippen molar-refractivity contribution < 1.29 is 27.4 Å². The summed E-state index contributed by atoms with van der Waals surface area (Å²) in [6.45, 7) is -0.0383. The Hall–Kier alpha value is -4.15. The highest BCUT2D eigenvalue weighted by Crippen LogP contribution is 2.23. The van der Waals surface area contributed by atoms with Crippen LogP contribution in [0.3, 0.4) is 0 Å². The van der Waals surface area contributed by atoms with Crippen LogP contribution in [0.5, 0.6) is 11.5 Å². The van der Waals surface area contributed by atoms with Crippen LogP contribution in [0.2, 0.25) is 0 Å². The molecule has 11 heteroatoms. The van der Waals surface area contributed by atoms with Crippen molar-refractivity contribution in [2.45, 2.75) is 12.9 Å². The molecule has 0 aliphatic heterocycles. The van der Waals surface area contributed by atoms with Gasteiger partial charge in [0, 0.05) is 11.1 Å². The van der Waals surface area contributed by atoms with Crippen LogP contribution < -0.4 is 14.8 Å². The van der Waals surface area contributed by atoms with Crippen LogP contribution in [0, 0.1) is 0 Å². The number of halogens is 3. The zero-order chi connectivity index (χ0) is 22.7. The molecule has 0 atom stereocenters. The molecule has 0 aliphatic rings. The first-order valence-corrected chi connectivity index (χ1v) is 9.32. The molecule has 0 aliphatic carbocycles. The third kappa shape index (κ3) is 4.77. The minimum Gasteiger partial charge on any atom is -0.497 e. The Bertz CT molecular complexity index is 1260. The summed E-state index contributed by atoms with van der Waals surface area (Å²) < 4.78 is 47.7. The van der Waals surface area contributed by atoms with Crippen LogP contribution in [0.1, 0.15) is 16.2 Å². The molecule has 8 nitrogen and oxygen atoms in total. The van der Waals surface area contributed by atoms with Crippen molar-refractivity contribution in [1.29, 1.82) is 0 Å². The number of benzene rings is 2. The number of nitrogens with one attached hydrogen (secondary N) is 1. The van der Waals surface area contributed by atoms with Gasteiger partial charge >= 0.3 is 6.36 Å². The lowest BCUT2D eigenvalue weighted by Gasteiger charge is -2.10. The highest BCUT2D eigenvalue weighted by molar-refractivity contribution is 5.94. The Morgan fingerprint density at radius 1 is 1.03 bits per heavy atom. The maximum absolute atomic E-state index is 12.4. The number of alkyl halides is 3. The van der Waals surface area contributed by atoms with Crippen LogP contribution >= 0.6 is 0 Å². The predicted octanol–water partition coefficient (Wildman–Crippen LogP) is 3.63. The maximum atomic E-state index is 12.4. The van der Waals surface area contributed by atoms with Crippen molar-refractivity contribution in [1.82, 2.24) is 25.1 Å². The van der Waals surface area contributed by atoms with Crippen molar-refractivity contribution in [2.75, 3.05) is 7.11 Å². The van der Waals surface area contributed by atoms with E-state index in [-0.39, 0.29) is 12.1 Å². The molecule has 0 fully saturated rings. The number of nitrogens with zero attached hydrogens (tertiary/aromatic N) is 4. The summed E-state index contributed by atoms with van der Waals surface area (Å²) in [4.78, 5) is 12.4. The lowest BCUT2D eigenvalue weighted by molar-refractivity contribution is -0.274. The Balaban J connectivity index is 1.51. The molecule has 1 N–H and O–H groups in total. The zero-order valence-electron chi connectivity index (χ0n) is 16.6. The van der Waals surface area contributed by atoms with Crippen molar-refractivity contribution in [3.05, 3.63) is 72.1 Å². The fourth-order valence-electron chi connectivity index (χ4n) is 2.96. The second kappa shape index (κ2) is 8.53. The van der Waals surface area contributed by atoms with E-state index in [9.17, 15) is 18.0 Å². The summed E-state index contributed by atoms with van der Waals surface area (Å²) in [7, 11) is 1.58. The number of hydrogen-bond acceptors (Lipinski definition) is 6. The average Bonchev–Trinajstić information content (AvgIpc) is 3.19. The van der Waals surface area contributed by atoms with Gasteiger partial charge in [0.15, 0.2) is 11.5 Å². The fraction of sp³-hybridized carbons (Fsp3) is 0.143. The smallest absolute Gasteiger partial charge is 0.497 e. The second-order valence-corrected chi connectivity index (χ2v) is 6.59. The Morgan fingerprint density at radius 3 is 2.53 bits per heavy atom. The van der Waals surface area contributed by atoms with Crippen LogP contribution in [0.25, 0.3) is 16.9 Å². The molecular weight excluding hydrogens is 427 g/mol. The molecule has 2 aromatic carbocycles. The normalized spacial score (nSPS) is 11.4. The topological polar surface area (TPSA) is 90.6 Å². The monoisotopic (exact) mass is 443 g/mol. The first-order chi connectivity index (χ1) is 15.3. The molecule has 0 radical (unpaired) electrons. The first kappa shape index (κ1) is 21.1. The minimum absolute atomic E-state index is 0.00690. The van der Waals surface area contributed by atoms with Gasteiger partial charge in [0.1, 0.15) is 11.5 Å². The second-order valence-electron chi connectivity index (χ2n) is 6.59. The minimum atomic E-state index is -4.84. The van der Waals surface area contributed by atoms with E-state index >= 15 is 0 Å². The number of carbonyl (C=O) groups excluding carboxylic acids is 1. The van der Waals surface area contributed by atoms with E-state index in [0.717, 1.165) is 17.7 Å². The molecule has 0 saturated heterocycles. The van der Waals surface area contributed by atoms with Crippen molar-refractivity contribution >= 4 is 11.6 Å². The number of rotatable bonds is 6. The molecule has 32 heavy (non-hydrogen) atoms. The Kier molecular flexibility index (Phi) is 5.63. The maximum Gasteiger partial charge on any atom is 0.573 e. The van der Waals surface area contributed by atoms with Gasteiger partial charge in [-0.3, -0.25) is 4.79 Å². The summed E-state index contributed by atoms with van der Waals surface area (Å²) in [5, 5.41) is 15.2. The molecule has 164 valence electrons. The SMILES string of the molecule is COc1ccc(-c2ccc3nnc(CNC(=O)c4cccc(OC(F)(F)F)c4)n3n2)cc1. The first-order valence-electron chi connectivity index (χ1n) is 9.32. The molecular formula is C21H16F3N5O3. The molecule has 0 unspecified atom stereocenters.